The van der Waals surface area contributed by atoms with Crippen LogP contribution in [-0.4, -0.2) is 15.6 Å². The number of nitrogens with zero attached hydrogens (tertiary/aromatic N) is 1. The van der Waals surface area contributed by atoms with E-state index < -0.39 is 17.6 Å². The highest BCUT2D eigenvalue weighted by Gasteiger charge is 2.12. The van der Waals surface area contributed by atoms with Gasteiger partial charge in [-0.05, 0) is 19.1 Å². The second kappa shape index (κ2) is 4.60. The Bertz CT molecular complexity index is 605. The lowest BCUT2D eigenvalue weighted by Gasteiger charge is -2.08. The van der Waals surface area contributed by atoms with Gasteiger partial charge in [-0.15, -0.1) is 0 Å². The predicted octanol–water partition coefficient (Wildman–Crippen LogP) is 2.82. The minimum atomic E-state index is -1.02. The molecule has 0 atom stereocenters. The van der Waals surface area contributed by atoms with Crippen LogP contribution >= 0.6 is 0 Å². The molecule has 0 aliphatic rings. The summed E-state index contributed by atoms with van der Waals surface area (Å²) in [6, 6.07) is 4.80. The Hall–Kier alpha value is -2.17. The van der Waals surface area contributed by atoms with Gasteiger partial charge in [0.2, 0.25) is 0 Å². The average Bonchev–Trinajstić information content (AvgIpc) is 2.64. The van der Waals surface area contributed by atoms with Gasteiger partial charge in [0.25, 0.3) is 0 Å². The van der Waals surface area contributed by atoms with Crippen LogP contribution in [-0.2, 0) is 6.54 Å². The van der Waals surface area contributed by atoms with Crippen molar-refractivity contribution in [3.05, 3.63) is 58.9 Å². The number of rotatable bonds is 3. The molecular weight excluding hydrogens is 240 g/mol. The molecule has 0 aliphatic carbocycles. The molecule has 0 saturated heterocycles. The summed E-state index contributed by atoms with van der Waals surface area (Å²) in [4.78, 5) is 10.9. The van der Waals surface area contributed by atoms with Crippen LogP contribution in [0.2, 0.25) is 0 Å². The number of halogens is 2. The van der Waals surface area contributed by atoms with Gasteiger partial charge in [0.15, 0.2) is 0 Å². The van der Waals surface area contributed by atoms with Gasteiger partial charge in [0.1, 0.15) is 11.6 Å². The number of aromatic carboxylic acids is 1. The van der Waals surface area contributed by atoms with Crippen LogP contribution < -0.4 is 0 Å². The Labute approximate surface area is 102 Å². The summed E-state index contributed by atoms with van der Waals surface area (Å²) in [5, 5.41) is 8.90. The van der Waals surface area contributed by atoms with Gasteiger partial charge in [0, 0.05) is 23.5 Å². The summed E-state index contributed by atoms with van der Waals surface area (Å²) in [7, 11) is 0. The Morgan fingerprint density at radius 3 is 2.61 bits per heavy atom. The van der Waals surface area contributed by atoms with Crippen LogP contribution in [0.15, 0.2) is 30.5 Å². The second-order valence-electron chi connectivity index (χ2n) is 3.98. The maximum atomic E-state index is 13.5. The fraction of sp³-hybridized carbons (Fsp3) is 0.154. The van der Waals surface area contributed by atoms with Gasteiger partial charge in [-0.3, -0.25) is 0 Å². The van der Waals surface area contributed by atoms with Gasteiger partial charge in [0.05, 0.1) is 12.1 Å². The van der Waals surface area contributed by atoms with Crippen molar-refractivity contribution in [1.82, 2.24) is 4.57 Å². The standard InChI is InChI=1S/C13H11F2NO2/c1-8-11(13(17)18)4-5-16(8)7-9-2-3-10(14)6-12(9)15/h2-6H,7H2,1H3,(H,17,18). The third kappa shape index (κ3) is 2.25. The first-order chi connectivity index (χ1) is 8.49. The number of carboxylic acid groups (broad SMARTS) is 1. The molecule has 0 saturated carbocycles. The summed E-state index contributed by atoms with van der Waals surface area (Å²) in [5.41, 5.74) is 1.02. The number of carboxylic acids is 1. The lowest BCUT2D eigenvalue weighted by Crippen LogP contribution is -2.05. The van der Waals surface area contributed by atoms with E-state index in [1.807, 2.05) is 0 Å². The third-order valence-corrected chi connectivity index (χ3v) is 2.83. The average molecular weight is 251 g/mol. The molecule has 0 unspecified atom stereocenters. The van der Waals surface area contributed by atoms with E-state index in [1.54, 1.807) is 17.7 Å². The largest absolute Gasteiger partial charge is 0.478 e. The van der Waals surface area contributed by atoms with E-state index in [2.05, 4.69) is 0 Å². The Morgan fingerprint density at radius 2 is 2.06 bits per heavy atom. The number of hydrogen-bond donors (Lipinski definition) is 1. The lowest BCUT2D eigenvalue weighted by molar-refractivity contribution is 0.0696. The number of benzene rings is 1. The fourth-order valence-corrected chi connectivity index (χ4v) is 1.78. The molecule has 1 aromatic heterocycles. The van der Waals surface area contributed by atoms with Gasteiger partial charge in [-0.25, -0.2) is 13.6 Å². The molecule has 2 rings (SSSR count). The first-order valence-electron chi connectivity index (χ1n) is 5.32. The molecule has 0 fully saturated rings. The first-order valence-corrected chi connectivity index (χ1v) is 5.32. The summed E-state index contributed by atoms with van der Waals surface area (Å²) >= 11 is 0. The molecule has 1 heterocycles. The SMILES string of the molecule is Cc1c(C(=O)O)ccn1Cc1ccc(F)cc1F. The molecule has 2 aromatic rings. The molecule has 18 heavy (non-hydrogen) atoms. The zero-order valence-electron chi connectivity index (χ0n) is 9.65. The van der Waals surface area contributed by atoms with E-state index in [-0.39, 0.29) is 12.1 Å². The van der Waals surface area contributed by atoms with Crippen LogP contribution in [0, 0.1) is 18.6 Å². The molecule has 94 valence electrons. The van der Waals surface area contributed by atoms with E-state index in [0.717, 1.165) is 6.07 Å². The van der Waals surface area contributed by atoms with Crippen LogP contribution in [0.3, 0.4) is 0 Å². The molecule has 5 heteroatoms. The van der Waals surface area contributed by atoms with Gasteiger partial charge < -0.3 is 9.67 Å². The minimum absolute atomic E-state index is 0.172. The Morgan fingerprint density at radius 1 is 1.33 bits per heavy atom. The lowest BCUT2D eigenvalue weighted by atomic mass is 10.2. The van der Waals surface area contributed by atoms with Crippen LogP contribution in [0.4, 0.5) is 8.78 Å². The smallest absolute Gasteiger partial charge is 0.337 e. The Kier molecular flexibility index (Phi) is 3.14. The van der Waals surface area contributed by atoms with Crippen LogP contribution in [0.5, 0.6) is 0 Å². The number of hydrogen-bond acceptors (Lipinski definition) is 1. The van der Waals surface area contributed by atoms with Gasteiger partial charge >= 0.3 is 5.97 Å². The quantitative estimate of drug-likeness (QED) is 0.911. The van der Waals surface area contributed by atoms with E-state index in [0.29, 0.717) is 11.3 Å². The van der Waals surface area contributed by atoms with Gasteiger partial charge in [-0.1, -0.05) is 6.07 Å². The van der Waals surface area contributed by atoms with Crippen molar-refractivity contribution in [3.8, 4) is 0 Å². The van der Waals surface area contributed by atoms with E-state index in [1.165, 1.54) is 18.2 Å². The maximum Gasteiger partial charge on any atom is 0.337 e. The van der Waals surface area contributed by atoms with Crippen molar-refractivity contribution in [1.29, 1.82) is 0 Å². The van der Waals surface area contributed by atoms with Gasteiger partial charge in [-0.2, -0.15) is 0 Å². The summed E-state index contributed by atoms with van der Waals surface area (Å²) < 4.78 is 27.8. The van der Waals surface area contributed by atoms with Crippen molar-refractivity contribution in [3.63, 3.8) is 0 Å². The van der Waals surface area contributed by atoms with E-state index in [4.69, 9.17) is 5.11 Å². The van der Waals surface area contributed by atoms with Crippen molar-refractivity contribution >= 4 is 5.97 Å². The third-order valence-electron chi connectivity index (χ3n) is 2.83. The summed E-state index contributed by atoms with van der Waals surface area (Å²) in [5.74, 6) is -2.29. The van der Waals surface area contributed by atoms with Crippen molar-refractivity contribution < 1.29 is 18.7 Å². The molecule has 3 nitrogen and oxygen atoms in total. The topological polar surface area (TPSA) is 42.2 Å². The zero-order valence-corrected chi connectivity index (χ0v) is 9.65. The fourth-order valence-electron chi connectivity index (χ4n) is 1.78. The van der Waals surface area contributed by atoms with Crippen molar-refractivity contribution in [2.45, 2.75) is 13.5 Å². The molecule has 0 bridgehead atoms. The number of carbonyl (C=O) groups is 1. The first kappa shape index (κ1) is 12.3. The zero-order chi connectivity index (χ0) is 13.3. The molecule has 0 spiro atoms. The number of aromatic nitrogens is 1. The second-order valence-corrected chi connectivity index (χ2v) is 3.98. The molecule has 1 aromatic carbocycles. The Balaban J connectivity index is 2.32. The van der Waals surface area contributed by atoms with Crippen molar-refractivity contribution in [2.75, 3.05) is 0 Å². The monoisotopic (exact) mass is 251 g/mol. The molecule has 1 N–H and O–H groups in total. The van der Waals surface area contributed by atoms with E-state index >= 15 is 0 Å². The predicted molar refractivity (Wildman–Crippen MR) is 61.6 cm³/mol. The maximum absolute atomic E-state index is 13.5. The van der Waals surface area contributed by atoms with E-state index in [9.17, 15) is 13.6 Å². The van der Waals surface area contributed by atoms with Crippen molar-refractivity contribution in [2.24, 2.45) is 0 Å². The highest BCUT2D eigenvalue weighted by molar-refractivity contribution is 5.88. The highest BCUT2D eigenvalue weighted by atomic mass is 19.1. The molecular formula is C13H11F2NO2. The minimum Gasteiger partial charge on any atom is -0.478 e. The highest BCUT2D eigenvalue weighted by Crippen LogP contribution is 2.15. The summed E-state index contributed by atoms with van der Waals surface area (Å²) in [6.07, 6.45) is 1.57. The van der Waals surface area contributed by atoms with Crippen LogP contribution in [0.25, 0.3) is 0 Å². The normalized spacial score (nSPS) is 10.6. The van der Waals surface area contributed by atoms with Crippen LogP contribution in [0.1, 0.15) is 21.6 Å². The summed E-state index contributed by atoms with van der Waals surface area (Å²) in [6.45, 7) is 1.82. The molecule has 0 aliphatic heterocycles. The molecule has 0 radical (unpaired) electrons. The molecule has 0 amide bonds.